The van der Waals surface area contributed by atoms with Crippen LogP contribution in [0.5, 0.6) is 0 Å². The first-order chi connectivity index (χ1) is 6.56. The summed E-state index contributed by atoms with van der Waals surface area (Å²) < 4.78 is 13.1. The van der Waals surface area contributed by atoms with E-state index in [1.807, 2.05) is 6.92 Å². The summed E-state index contributed by atoms with van der Waals surface area (Å²) in [7, 11) is 0. The van der Waals surface area contributed by atoms with Crippen LogP contribution in [0.25, 0.3) is 0 Å². The van der Waals surface area contributed by atoms with Gasteiger partial charge in [-0.1, -0.05) is 13.0 Å². The van der Waals surface area contributed by atoms with Crippen molar-refractivity contribution in [1.82, 2.24) is 0 Å². The number of hydrogen-bond acceptors (Lipinski definition) is 2. The molecule has 0 amide bonds. The number of hydrogen-bond donors (Lipinski definition) is 2. The molecular formula is C10H11FO3. The summed E-state index contributed by atoms with van der Waals surface area (Å²) in [6, 6.07) is 4.10. The van der Waals surface area contributed by atoms with Gasteiger partial charge in [0.1, 0.15) is 5.82 Å². The third kappa shape index (κ3) is 2.09. The zero-order valence-corrected chi connectivity index (χ0v) is 7.70. The van der Waals surface area contributed by atoms with E-state index < -0.39 is 17.9 Å². The highest BCUT2D eigenvalue weighted by atomic mass is 19.1. The molecule has 0 aliphatic carbocycles. The van der Waals surface area contributed by atoms with Crippen molar-refractivity contribution in [3.8, 4) is 0 Å². The highest BCUT2D eigenvalue weighted by Crippen LogP contribution is 2.19. The Balaban J connectivity index is 3.11. The molecule has 2 N–H and O–H groups in total. The van der Waals surface area contributed by atoms with Crippen molar-refractivity contribution in [1.29, 1.82) is 0 Å². The van der Waals surface area contributed by atoms with Gasteiger partial charge in [-0.2, -0.15) is 0 Å². The lowest BCUT2D eigenvalue weighted by Crippen LogP contribution is -2.12. The maximum Gasteiger partial charge on any atom is 0.337 e. The van der Waals surface area contributed by atoms with Crippen molar-refractivity contribution < 1.29 is 19.4 Å². The Hall–Kier alpha value is -1.42. The molecular weight excluding hydrogens is 187 g/mol. The summed E-state index contributed by atoms with van der Waals surface area (Å²) in [5.74, 6) is -2.14. The van der Waals surface area contributed by atoms with Gasteiger partial charge < -0.3 is 10.2 Å². The molecule has 0 aliphatic rings. The number of rotatable bonds is 3. The highest BCUT2D eigenvalue weighted by molar-refractivity contribution is 5.74. The summed E-state index contributed by atoms with van der Waals surface area (Å²) in [6.07, 6.45) is -1.12. The molecule has 0 heterocycles. The number of aliphatic hydroxyl groups is 1. The Morgan fingerprint density at radius 3 is 2.71 bits per heavy atom. The first-order valence-electron chi connectivity index (χ1n) is 4.25. The molecule has 0 radical (unpaired) electrons. The van der Waals surface area contributed by atoms with Crippen molar-refractivity contribution >= 4 is 5.97 Å². The third-order valence-corrected chi connectivity index (χ3v) is 2.00. The van der Waals surface area contributed by atoms with E-state index in [1.165, 1.54) is 12.1 Å². The van der Waals surface area contributed by atoms with Gasteiger partial charge in [0.05, 0.1) is 0 Å². The summed E-state index contributed by atoms with van der Waals surface area (Å²) >= 11 is 0. The highest BCUT2D eigenvalue weighted by Gasteiger charge is 2.19. The number of aliphatic carboxylic acids is 1. The molecule has 0 saturated heterocycles. The normalized spacial score (nSPS) is 12.5. The fraction of sp³-hybridized carbons (Fsp3) is 0.300. The lowest BCUT2D eigenvalue weighted by Gasteiger charge is -2.08. The molecule has 0 aromatic heterocycles. The van der Waals surface area contributed by atoms with E-state index in [0.29, 0.717) is 6.42 Å². The molecule has 14 heavy (non-hydrogen) atoms. The monoisotopic (exact) mass is 198 g/mol. The average molecular weight is 198 g/mol. The lowest BCUT2D eigenvalue weighted by atomic mass is 10.0. The number of aryl methyl sites for hydroxylation is 1. The van der Waals surface area contributed by atoms with Crippen LogP contribution in [0.15, 0.2) is 18.2 Å². The zero-order chi connectivity index (χ0) is 10.7. The summed E-state index contributed by atoms with van der Waals surface area (Å²) in [5, 5.41) is 17.7. The maximum atomic E-state index is 13.1. The minimum Gasteiger partial charge on any atom is -0.479 e. The molecule has 1 unspecified atom stereocenters. The quantitative estimate of drug-likeness (QED) is 0.773. The first-order valence-corrected chi connectivity index (χ1v) is 4.25. The van der Waals surface area contributed by atoms with Gasteiger partial charge >= 0.3 is 5.97 Å². The largest absolute Gasteiger partial charge is 0.479 e. The predicted molar refractivity (Wildman–Crippen MR) is 48.4 cm³/mol. The Labute approximate surface area is 80.8 Å². The van der Waals surface area contributed by atoms with Crippen LogP contribution in [-0.4, -0.2) is 16.2 Å². The van der Waals surface area contributed by atoms with Gasteiger partial charge in [-0.3, -0.25) is 0 Å². The van der Waals surface area contributed by atoms with Crippen LogP contribution >= 0.6 is 0 Å². The van der Waals surface area contributed by atoms with Gasteiger partial charge in [0.15, 0.2) is 6.10 Å². The number of halogens is 1. The molecule has 1 rings (SSSR count). The molecule has 76 valence electrons. The first kappa shape index (κ1) is 10.7. The van der Waals surface area contributed by atoms with Crippen LogP contribution in [0.2, 0.25) is 0 Å². The minimum absolute atomic E-state index is 0.183. The molecule has 0 saturated carbocycles. The lowest BCUT2D eigenvalue weighted by molar-refractivity contribution is -0.147. The maximum absolute atomic E-state index is 13.1. The van der Waals surface area contributed by atoms with E-state index in [2.05, 4.69) is 0 Å². The number of carboxylic acid groups (broad SMARTS) is 1. The van der Waals surface area contributed by atoms with Gasteiger partial charge in [0.2, 0.25) is 0 Å². The van der Waals surface area contributed by atoms with Gasteiger partial charge in [0.25, 0.3) is 0 Å². The van der Waals surface area contributed by atoms with Gasteiger partial charge in [-0.15, -0.1) is 0 Å². The number of benzene rings is 1. The summed E-state index contributed by atoms with van der Waals surface area (Å²) in [5.41, 5.74) is 0.610. The number of carboxylic acids is 1. The SMILES string of the molecule is CCc1ccc(F)c(C(O)C(=O)O)c1. The van der Waals surface area contributed by atoms with Crippen LogP contribution in [0.4, 0.5) is 4.39 Å². The number of carbonyl (C=O) groups is 1. The van der Waals surface area contributed by atoms with Crippen molar-refractivity contribution in [2.24, 2.45) is 0 Å². The van der Waals surface area contributed by atoms with Crippen molar-refractivity contribution in [3.63, 3.8) is 0 Å². The molecule has 0 bridgehead atoms. The molecule has 1 aromatic rings. The van der Waals surface area contributed by atoms with E-state index in [1.54, 1.807) is 6.07 Å². The van der Waals surface area contributed by atoms with E-state index in [9.17, 15) is 9.18 Å². The second-order valence-corrected chi connectivity index (χ2v) is 2.95. The predicted octanol–water partition coefficient (Wildman–Crippen LogP) is 1.51. The van der Waals surface area contributed by atoms with Crippen LogP contribution < -0.4 is 0 Å². The van der Waals surface area contributed by atoms with Gasteiger partial charge in [-0.25, -0.2) is 9.18 Å². The van der Waals surface area contributed by atoms with Crippen LogP contribution in [0.1, 0.15) is 24.2 Å². The molecule has 0 aliphatic heterocycles. The van der Waals surface area contributed by atoms with Crippen molar-refractivity contribution in [3.05, 3.63) is 35.1 Å². The zero-order valence-electron chi connectivity index (χ0n) is 7.70. The Kier molecular flexibility index (Phi) is 3.19. The summed E-state index contributed by atoms with van der Waals surface area (Å²) in [4.78, 5) is 10.4. The molecule has 1 aromatic carbocycles. The van der Waals surface area contributed by atoms with Crippen molar-refractivity contribution in [2.45, 2.75) is 19.4 Å². The van der Waals surface area contributed by atoms with Gasteiger partial charge in [-0.05, 0) is 24.1 Å². The van der Waals surface area contributed by atoms with E-state index >= 15 is 0 Å². The molecule has 1 atom stereocenters. The van der Waals surface area contributed by atoms with E-state index in [-0.39, 0.29) is 5.56 Å². The second kappa shape index (κ2) is 4.19. The Bertz CT molecular complexity index is 349. The third-order valence-electron chi connectivity index (χ3n) is 2.00. The van der Waals surface area contributed by atoms with E-state index in [0.717, 1.165) is 5.56 Å². The molecule has 4 heteroatoms. The molecule has 3 nitrogen and oxygen atoms in total. The Morgan fingerprint density at radius 2 is 2.21 bits per heavy atom. The van der Waals surface area contributed by atoms with Crippen LogP contribution in [0, 0.1) is 5.82 Å². The van der Waals surface area contributed by atoms with Crippen LogP contribution in [-0.2, 0) is 11.2 Å². The standard InChI is InChI=1S/C10H11FO3/c1-2-6-3-4-8(11)7(5-6)9(12)10(13)14/h3-5,9,12H,2H2,1H3,(H,13,14). The molecule has 0 fully saturated rings. The summed E-state index contributed by atoms with van der Waals surface area (Å²) in [6.45, 7) is 1.87. The fourth-order valence-corrected chi connectivity index (χ4v) is 1.16. The second-order valence-electron chi connectivity index (χ2n) is 2.95. The van der Waals surface area contributed by atoms with Gasteiger partial charge in [0, 0.05) is 5.56 Å². The molecule has 0 spiro atoms. The Morgan fingerprint density at radius 1 is 1.57 bits per heavy atom. The smallest absolute Gasteiger partial charge is 0.337 e. The van der Waals surface area contributed by atoms with Crippen molar-refractivity contribution in [2.75, 3.05) is 0 Å². The van der Waals surface area contributed by atoms with E-state index in [4.69, 9.17) is 10.2 Å². The topological polar surface area (TPSA) is 57.5 Å². The number of aliphatic hydroxyl groups excluding tert-OH is 1. The fourth-order valence-electron chi connectivity index (χ4n) is 1.16. The minimum atomic E-state index is -1.79. The van der Waals surface area contributed by atoms with Crippen LogP contribution in [0.3, 0.4) is 0 Å². The average Bonchev–Trinajstić information content (AvgIpc) is 2.17.